The first-order valence-electron chi connectivity index (χ1n) is 19.8. The normalized spacial score (nSPS) is 25.9. The van der Waals surface area contributed by atoms with Crippen molar-refractivity contribution in [1.82, 2.24) is 25.3 Å². The Morgan fingerprint density at radius 1 is 0.458 bits per heavy atom. The van der Waals surface area contributed by atoms with Gasteiger partial charge in [0, 0.05) is 57.2 Å². The lowest BCUT2D eigenvalue weighted by Crippen LogP contribution is -2.53. The average molecular weight is 656 g/mol. The SMILES string of the molecule is c1ccc(N2CCC(CN3CCC4(CCNCC4)CC3)CC2)cc1.c1ccc(N2CCN(CN3CCC4(CCNCC4)CC3)CC2)cc1. The van der Waals surface area contributed by atoms with Crippen LogP contribution in [-0.2, 0) is 0 Å². The molecule has 6 aliphatic rings. The molecule has 0 aromatic heterocycles. The lowest BCUT2D eigenvalue weighted by atomic mass is 9.71. The third kappa shape index (κ3) is 9.14. The Hall–Kier alpha value is -2.16. The van der Waals surface area contributed by atoms with Gasteiger partial charge in [0.15, 0.2) is 0 Å². The van der Waals surface area contributed by atoms with Gasteiger partial charge in [-0.25, -0.2) is 0 Å². The molecule has 6 heterocycles. The molecule has 6 saturated heterocycles. The fraction of sp³-hybridized carbons (Fsp3) is 0.707. The summed E-state index contributed by atoms with van der Waals surface area (Å²) in [5.74, 6) is 0.909. The van der Waals surface area contributed by atoms with Crippen LogP contribution in [0, 0.1) is 16.7 Å². The number of rotatable bonds is 6. The lowest BCUT2D eigenvalue weighted by molar-refractivity contribution is 0.0373. The van der Waals surface area contributed by atoms with Crippen LogP contribution < -0.4 is 20.4 Å². The van der Waals surface area contributed by atoms with Gasteiger partial charge in [-0.15, -0.1) is 0 Å². The van der Waals surface area contributed by atoms with Crippen LogP contribution in [0.4, 0.5) is 11.4 Å². The van der Waals surface area contributed by atoms with E-state index in [1.54, 1.807) is 0 Å². The second-order valence-electron chi connectivity index (χ2n) is 16.3. The van der Waals surface area contributed by atoms with Crippen molar-refractivity contribution < 1.29 is 0 Å². The minimum Gasteiger partial charge on any atom is -0.372 e. The zero-order valence-corrected chi connectivity index (χ0v) is 30.0. The van der Waals surface area contributed by atoms with Gasteiger partial charge in [-0.3, -0.25) is 9.80 Å². The number of piperidine rings is 5. The zero-order valence-electron chi connectivity index (χ0n) is 30.0. The second-order valence-corrected chi connectivity index (χ2v) is 16.3. The monoisotopic (exact) mass is 656 g/mol. The molecule has 6 aliphatic heterocycles. The van der Waals surface area contributed by atoms with Crippen LogP contribution in [0.2, 0.25) is 0 Å². The minimum absolute atomic E-state index is 0.674. The molecule has 0 atom stereocenters. The van der Waals surface area contributed by atoms with Gasteiger partial charge in [0.05, 0.1) is 6.67 Å². The molecule has 0 saturated carbocycles. The first kappa shape index (κ1) is 34.3. The van der Waals surface area contributed by atoms with Crippen LogP contribution in [0.1, 0.15) is 64.2 Å². The zero-order chi connectivity index (χ0) is 32.5. The Bertz CT molecular complexity index is 1080. The molecule has 0 aliphatic carbocycles. The fourth-order valence-corrected chi connectivity index (χ4v) is 9.74. The molecule has 2 aromatic carbocycles. The smallest absolute Gasteiger partial charge is 0.0507 e. The Balaban J connectivity index is 0.000000152. The van der Waals surface area contributed by atoms with Crippen LogP contribution in [-0.4, -0.2) is 120 Å². The fourth-order valence-electron chi connectivity index (χ4n) is 9.74. The van der Waals surface area contributed by atoms with Crippen molar-refractivity contribution in [3.05, 3.63) is 60.7 Å². The molecule has 8 rings (SSSR count). The first-order chi connectivity index (χ1) is 23.7. The summed E-state index contributed by atoms with van der Waals surface area (Å²) >= 11 is 0. The van der Waals surface area contributed by atoms with E-state index in [1.165, 1.54) is 167 Å². The van der Waals surface area contributed by atoms with Crippen LogP contribution >= 0.6 is 0 Å². The van der Waals surface area contributed by atoms with Crippen molar-refractivity contribution in [2.75, 3.05) is 115 Å². The minimum atomic E-state index is 0.674. The molecule has 0 radical (unpaired) electrons. The van der Waals surface area contributed by atoms with Crippen LogP contribution in [0.15, 0.2) is 60.7 Å². The van der Waals surface area contributed by atoms with E-state index >= 15 is 0 Å². The highest BCUT2D eigenvalue weighted by molar-refractivity contribution is 5.47. The summed E-state index contributed by atoms with van der Waals surface area (Å²) in [5.41, 5.74) is 4.15. The largest absolute Gasteiger partial charge is 0.372 e. The molecule has 2 spiro atoms. The summed E-state index contributed by atoms with van der Waals surface area (Å²) in [7, 11) is 0. The van der Waals surface area contributed by atoms with Crippen molar-refractivity contribution in [3.8, 4) is 0 Å². The lowest BCUT2D eigenvalue weighted by Gasteiger charge is -2.46. The summed E-state index contributed by atoms with van der Waals surface area (Å²) in [6.07, 6.45) is 14.1. The van der Waals surface area contributed by atoms with Crippen molar-refractivity contribution >= 4 is 11.4 Å². The molecular weight excluding hydrogens is 591 g/mol. The van der Waals surface area contributed by atoms with E-state index in [4.69, 9.17) is 0 Å². The number of benzene rings is 2. The van der Waals surface area contributed by atoms with Gasteiger partial charge >= 0.3 is 0 Å². The molecular formula is C41H65N7. The third-order valence-electron chi connectivity index (χ3n) is 13.3. The summed E-state index contributed by atoms with van der Waals surface area (Å²) in [4.78, 5) is 13.2. The number of nitrogens with zero attached hydrogens (tertiary/aromatic N) is 5. The highest BCUT2D eigenvalue weighted by Gasteiger charge is 2.37. The van der Waals surface area contributed by atoms with Gasteiger partial charge < -0.3 is 25.3 Å². The Kier molecular flexibility index (Phi) is 11.9. The van der Waals surface area contributed by atoms with Crippen LogP contribution in [0.25, 0.3) is 0 Å². The van der Waals surface area contributed by atoms with Gasteiger partial charge in [-0.05, 0) is 158 Å². The standard InChI is InChI=1S/C21H33N3.C20H32N4/c1-2-4-20(5-3-1)24-14-6-19(7-15-24)18-23-16-10-21(11-17-23)8-12-22-13-9-21;1-2-4-19(5-3-1)24-16-14-23(15-17-24)18-22-12-8-20(9-13-22)6-10-21-11-7-20/h1-5,19,22H,6-18H2;1-5,21H,6-18H2. The van der Waals surface area contributed by atoms with E-state index in [2.05, 4.69) is 95.8 Å². The Labute approximate surface area is 292 Å². The summed E-state index contributed by atoms with van der Waals surface area (Å²) in [5, 5.41) is 7.06. The van der Waals surface area contributed by atoms with Crippen molar-refractivity contribution in [3.63, 3.8) is 0 Å². The van der Waals surface area contributed by atoms with E-state index in [-0.39, 0.29) is 0 Å². The van der Waals surface area contributed by atoms with E-state index < -0.39 is 0 Å². The molecule has 2 N–H and O–H groups in total. The second kappa shape index (κ2) is 16.7. The molecule has 7 heteroatoms. The molecule has 6 fully saturated rings. The van der Waals surface area contributed by atoms with Crippen molar-refractivity contribution in [2.45, 2.75) is 64.2 Å². The van der Waals surface area contributed by atoms with Crippen LogP contribution in [0.5, 0.6) is 0 Å². The van der Waals surface area contributed by atoms with Gasteiger partial charge in [0.1, 0.15) is 0 Å². The quantitative estimate of drug-likeness (QED) is 0.420. The molecule has 264 valence electrons. The van der Waals surface area contributed by atoms with E-state index in [9.17, 15) is 0 Å². The average Bonchev–Trinajstić information content (AvgIpc) is 3.16. The predicted molar refractivity (Wildman–Crippen MR) is 202 cm³/mol. The molecule has 0 amide bonds. The predicted octanol–water partition coefficient (Wildman–Crippen LogP) is 5.60. The molecule has 0 unspecified atom stereocenters. The Morgan fingerprint density at radius 3 is 1.35 bits per heavy atom. The number of hydrogen-bond acceptors (Lipinski definition) is 7. The maximum atomic E-state index is 3.53. The van der Waals surface area contributed by atoms with Crippen LogP contribution in [0.3, 0.4) is 0 Å². The highest BCUT2D eigenvalue weighted by Crippen LogP contribution is 2.41. The number of hydrogen-bond donors (Lipinski definition) is 2. The first-order valence-corrected chi connectivity index (χ1v) is 19.8. The van der Waals surface area contributed by atoms with E-state index in [1.807, 2.05) is 0 Å². The molecule has 48 heavy (non-hydrogen) atoms. The maximum Gasteiger partial charge on any atom is 0.0507 e. The van der Waals surface area contributed by atoms with Gasteiger partial charge in [-0.1, -0.05) is 36.4 Å². The molecule has 0 bridgehead atoms. The van der Waals surface area contributed by atoms with E-state index in [0.29, 0.717) is 10.8 Å². The number of nitrogens with one attached hydrogen (secondary N) is 2. The summed E-state index contributed by atoms with van der Waals surface area (Å²) in [6.45, 7) is 20.0. The van der Waals surface area contributed by atoms with E-state index in [0.717, 1.165) is 19.0 Å². The third-order valence-corrected chi connectivity index (χ3v) is 13.3. The number of anilines is 2. The highest BCUT2D eigenvalue weighted by atomic mass is 15.3. The number of para-hydroxylation sites is 2. The van der Waals surface area contributed by atoms with Gasteiger partial charge in [-0.2, -0.15) is 0 Å². The maximum absolute atomic E-state index is 3.53. The van der Waals surface area contributed by atoms with Crippen molar-refractivity contribution in [2.24, 2.45) is 16.7 Å². The molecule has 2 aromatic rings. The summed E-state index contributed by atoms with van der Waals surface area (Å²) < 4.78 is 0. The number of likely N-dealkylation sites (tertiary alicyclic amines) is 2. The van der Waals surface area contributed by atoms with Gasteiger partial charge in [0.2, 0.25) is 0 Å². The molecule has 7 nitrogen and oxygen atoms in total. The number of piperazine rings is 1. The van der Waals surface area contributed by atoms with Gasteiger partial charge in [0.25, 0.3) is 0 Å². The Morgan fingerprint density at radius 2 is 0.875 bits per heavy atom. The topological polar surface area (TPSA) is 40.3 Å². The van der Waals surface area contributed by atoms with Crippen molar-refractivity contribution in [1.29, 1.82) is 0 Å². The summed E-state index contributed by atoms with van der Waals surface area (Å²) in [6, 6.07) is 21.8.